The molecule has 1 aromatic heterocycles. The molecule has 0 saturated carbocycles. The molecular weight excluding hydrogens is 290 g/mol. The minimum atomic E-state index is -0.974. The molecule has 0 radical (unpaired) electrons. The number of carboxylic acid groups (broad SMARTS) is 1. The van der Waals surface area contributed by atoms with Crippen LogP contribution < -0.4 is 0 Å². The molecule has 0 atom stereocenters. The van der Waals surface area contributed by atoms with E-state index >= 15 is 0 Å². The van der Waals surface area contributed by atoms with Crippen LogP contribution in [0.3, 0.4) is 0 Å². The van der Waals surface area contributed by atoms with E-state index < -0.39 is 5.97 Å². The maximum absolute atomic E-state index is 10.9. The molecule has 18 heavy (non-hydrogen) atoms. The Balaban J connectivity index is 2.09. The van der Waals surface area contributed by atoms with Crippen LogP contribution in [0.25, 0.3) is 0 Å². The van der Waals surface area contributed by atoms with Gasteiger partial charge >= 0.3 is 5.97 Å². The number of aromatic carboxylic acids is 1. The number of aromatic nitrogens is 1. The van der Waals surface area contributed by atoms with Gasteiger partial charge in [-0.2, -0.15) is 0 Å². The number of carboxylic acids is 1. The Bertz CT molecular complexity index is 583. The van der Waals surface area contributed by atoms with Gasteiger partial charge in [-0.05, 0) is 19.1 Å². The quantitative estimate of drug-likeness (QED) is 0.864. The summed E-state index contributed by atoms with van der Waals surface area (Å²) in [4.78, 5) is 16.7. The van der Waals surface area contributed by atoms with E-state index in [9.17, 15) is 4.79 Å². The molecule has 0 amide bonds. The zero-order valence-corrected chi connectivity index (χ0v) is 11.9. The number of rotatable bonds is 4. The normalized spacial score (nSPS) is 10.6. The largest absolute Gasteiger partial charge is 0.476 e. The molecule has 2 rings (SSSR count). The second-order valence-electron chi connectivity index (χ2n) is 3.54. The smallest absolute Gasteiger partial charge is 0.355 e. The van der Waals surface area contributed by atoms with Crippen LogP contribution in [-0.4, -0.2) is 16.1 Å². The highest BCUT2D eigenvalue weighted by Crippen LogP contribution is 2.31. The van der Waals surface area contributed by atoms with Crippen molar-refractivity contribution in [1.82, 2.24) is 4.98 Å². The van der Waals surface area contributed by atoms with Crippen LogP contribution in [0.15, 0.2) is 29.2 Å². The molecule has 6 heteroatoms. The van der Waals surface area contributed by atoms with Gasteiger partial charge in [-0.15, -0.1) is 23.1 Å². The van der Waals surface area contributed by atoms with E-state index in [2.05, 4.69) is 4.98 Å². The number of benzene rings is 1. The van der Waals surface area contributed by atoms with Gasteiger partial charge in [0.15, 0.2) is 5.69 Å². The first-order valence-electron chi connectivity index (χ1n) is 5.15. The summed E-state index contributed by atoms with van der Waals surface area (Å²) in [5.41, 5.74) is 0.148. The van der Waals surface area contributed by atoms with E-state index in [1.54, 1.807) is 18.7 Å². The number of thiazole rings is 1. The number of aryl methyl sites for hydroxylation is 1. The Labute approximate surface area is 118 Å². The van der Waals surface area contributed by atoms with Gasteiger partial charge in [-0.25, -0.2) is 9.78 Å². The van der Waals surface area contributed by atoms with Crippen LogP contribution in [-0.2, 0) is 5.75 Å². The fraction of sp³-hybridized carbons (Fsp3) is 0.167. The van der Waals surface area contributed by atoms with Crippen molar-refractivity contribution in [3.05, 3.63) is 44.9 Å². The molecule has 0 aliphatic carbocycles. The molecule has 1 heterocycles. The van der Waals surface area contributed by atoms with E-state index in [1.807, 2.05) is 24.3 Å². The molecule has 0 spiro atoms. The Hall–Kier alpha value is -1.04. The van der Waals surface area contributed by atoms with Crippen molar-refractivity contribution in [2.24, 2.45) is 0 Å². The highest BCUT2D eigenvalue weighted by molar-refractivity contribution is 7.98. The molecule has 1 aromatic carbocycles. The van der Waals surface area contributed by atoms with Crippen molar-refractivity contribution in [3.63, 3.8) is 0 Å². The van der Waals surface area contributed by atoms with Crippen molar-refractivity contribution < 1.29 is 9.90 Å². The summed E-state index contributed by atoms with van der Waals surface area (Å²) in [7, 11) is 0. The first kappa shape index (κ1) is 13.4. The van der Waals surface area contributed by atoms with E-state index in [-0.39, 0.29) is 5.69 Å². The average molecular weight is 300 g/mol. The van der Waals surface area contributed by atoms with Gasteiger partial charge in [0.25, 0.3) is 0 Å². The minimum absolute atomic E-state index is 0.148. The van der Waals surface area contributed by atoms with Crippen molar-refractivity contribution in [2.75, 3.05) is 0 Å². The fourth-order valence-corrected chi connectivity index (χ4v) is 3.57. The third-order valence-corrected chi connectivity index (χ3v) is 4.91. The molecule has 2 aromatic rings. The van der Waals surface area contributed by atoms with E-state index in [0.29, 0.717) is 10.8 Å². The Kier molecular flexibility index (Phi) is 4.27. The molecule has 0 aliphatic rings. The minimum Gasteiger partial charge on any atom is -0.476 e. The summed E-state index contributed by atoms with van der Waals surface area (Å²) in [6.45, 7) is 1.77. The van der Waals surface area contributed by atoms with Crippen LogP contribution in [0.4, 0.5) is 0 Å². The predicted octanol–water partition coefficient (Wildman–Crippen LogP) is 4.10. The van der Waals surface area contributed by atoms with Crippen LogP contribution in [0, 0.1) is 6.92 Å². The lowest BCUT2D eigenvalue weighted by atomic mass is 10.4. The van der Waals surface area contributed by atoms with Gasteiger partial charge in [-0.1, -0.05) is 23.7 Å². The first-order valence-corrected chi connectivity index (χ1v) is 7.33. The second-order valence-corrected chi connectivity index (χ2v) is 6.25. The summed E-state index contributed by atoms with van der Waals surface area (Å²) in [5, 5.41) is 10.4. The van der Waals surface area contributed by atoms with Gasteiger partial charge in [0, 0.05) is 9.77 Å². The molecule has 0 unspecified atom stereocenters. The van der Waals surface area contributed by atoms with Crippen LogP contribution >= 0.6 is 34.7 Å². The van der Waals surface area contributed by atoms with Gasteiger partial charge in [0.2, 0.25) is 0 Å². The Morgan fingerprint density at radius 1 is 1.50 bits per heavy atom. The van der Waals surface area contributed by atoms with E-state index in [4.69, 9.17) is 16.7 Å². The zero-order chi connectivity index (χ0) is 13.1. The fourth-order valence-electron chi connectivity index (χ4n) is 1.41. The summed E-state index contributed by atoms with van der Waals surface area (Å²) in [5.74, 6) is -0.347. The molecule has 3 nitrogen and oxygen atoms in total. The highest BCUT2D eigenvalue weighted by Gasteiger charge is 2.14. The number of carbonyl (C=O) groups is 1. The molecule has 0 saturated heterocycles. The average Bonchev–Trinajstić information content (AvgIpc) is 2.70. The summed E-state index contributed by atoms with van der Waals surface area (Å²) < 4.78 is 0. The standard InChI is InChI=1S/C12H10ClNO2S2/c1-7-11(12(15)16)14-10(18-7)6-17-9-5-3-2-4-8(9)13/h2-5H,6H2,1H3,(H,15,16). The van der Waals surface area contributed by atoms with Crippen LogP contribution in [0.2, 0.25) is 5.02 Å². The number of thioether (sulfide) groups is 1. The topological polar surface area (TPSA) is 50.2 Å². The van der Waals surface area contributed by atoms with Crippen molar-refractivity contribution in [2.45, 2.75) is 17.6 Å². The maximum Gasteiger partial charge on any atom is 0.355 e. The predicted molar refractivity (Wildman–Crippen MR) is 74.8 cm³/mol. The van der Waals surface area contributed by atoms with Gasteiger partial charge < -0.3 is 5.11 Å². The van der Waals surface area contributed by atoms with E-state index in [1.165, 1.54) is 11.3 Å². The third-order valence-electron chi connectivity index (χ3n) is 2.23. The molecule has 94 valence electrons. The van der Waals surface area contributed by atoms with E-state index in [0.717, 1.165) is 14.8 Å². The lowest BCUT2D eigenvalue weighted by Gasteiger charge is -2.01. The molecule has 0 aliphatic heterocycles. The summed E-state index contributed by atoms with van der Waals surface area (Å²) in [6.07, 6.45) is 0. The van der Waals surface area contributed by atoms with Crippen molar-refractivity contribution in [3.8, 4) is 0 Å². The summed E-state index contributed by atoms with van der Waals surface area (Å²) >= 11 is 9.01. The lowest BCUT2D eigenvalue weighted by molar-refractivity contribution is 0.0690. The van der Waals surface area contributed by atoms with Crippen LogP contribution in [0.5, 0.6) is 0 Å². The lowest BCUT2D eigenvalue weighted by Crippen LogP contribution is -1.98. The second kappa shape index (κ2) is 5.73. The number of hydrogen-bond donors (Lipinski definition) is 1. The SMILES string of the molecule is Cc1sc(CSc2ccccc2Cl)nc1C(=O)O. The number of nitrogens with zero attached hydrogens (tertiary/aromatic N) is 1. The Morgan fingerprint density at radius 2 is 2.22 bits per heavy atom. The monoisotopic (exact) mass is 299 g/mol. The third kappa shape index (κ3) is 3.04. The molecule has 0 bridgehead atoms. The molecule has 0 fully saturated rings. The van der Waals surface area contributed by atoms with Gasteiger partial charge in [-0.3, -0.25) is 0 Å². The highest BCUT2D eigenvalue weighted by atomic mass is 35.5. The van der Waals surface area contributed by atoms with Gasteiger partial charge in [0.1, 0.15) is 5.01 Å². The maximum atomic E-state index is 10.9. The van der Waals surface area contributed by atoms with Gasteiger partial charge in [0.05, 0.1) is 10.8 Å². The van der Waals surface area contributed by atoms with Crippen LogP contribution in [0.1, 0.15) is 20.4 Å². The van der Waals surface area contributed by atoms with Crippen molar-refractivity contribution in [1.29, 1.82) is 0 Å². The first-order chi connectivity index (χ1) is 8.58. The number of hydrogen-bond acceptors (Lipinski definition) is 4. The molecular formula is C12H10ClNO2S2. The molecule has 1 N–H and O–H groups in total. The summed E-state index contributed by atoms with van der Waals surface area (Å²) in [6, 6.07) is 7.57. The zero-order valence-electron chi connectivity index (χ0n) is 9.51. The van der Waals surface area contributed by atoms with Crippen molar-refractivity contribution >= 4 is 40.7 Å². The Morgan fingerprint density at radius 3 is 2.83 bits per heavy atom. The number of halogens is 1.